The Labute approximate surface area is 167 Å². The Kier molecular flexibility index (Phi) is 5.09. The second kappa shape index (κ2) is 7.84. The summed E-state index contributed by atoms with van der Waals surface area (Å²) in [5.74, 6) is 0.0409. The molecule has 29 heavy (non-hydrogen) atoms. The molecule has 2 N–H and O–H groups in total. The third kappa shape index (κ3) is 4.02. The summed E-state index contributed by atoms with van der Waals surface area (Å²) >= 11 is 0. The van der Waals surface area contributed by atoms with Gasteiger partial charge in [-0.15, -0.1) is 0 Å². The van der Waals surface area contributed by atoms with E-state index in [9.17, 15) is 12.8 Å². The topological polar surface area (TPSA) is 84.0 Å². The fourth-order valence-corrected chi connectivity index (χ4v) is 4.07. The molecule has 8 heteroatoms. The van der Waals surface area contributed by atoms with Gasteiger partial charge in [-0.25, -0.2) is 22.8 Å². The molecule has 0 aliphatic carbocycles. The number of benzene rings is 3. The maximum Gasteiger partial charge on any atom is 0.261 e. The number of rotatable bonds is 6. The maximum absolute atomic E-state index is 13.9. The van der Waals surface area contributed by atoms with E-state index in [1.807, 2.05) is 6.07 Å². The van der Waals surface area contributed by atoms with Crippen molar-refractivity contribution in [3.05, 3.63) is 90.5 Å². The van der Waals surface area contributed by atoms with Crippen LogP contribution in [0.3, 0.4) is 0 Å². The van der Waals surface area contributed by atoms with E-state index in [2.05, 4.69) is 20.0 Å². The normalized spacial score (nSPS) is 11.3. The number of hydrogen-bond donors (Lipinski definition) is 2. The van der Waals surface area contributed by atoms with E-state index in [1.165, 1.54) is 24.5 Å². The fraction of sp³-hybridized carbons (Fsp3) is 0.0476. The average molecular weight is 408 g/mol. The van der Waals surface area contributed by atoms with Crippen molar-refractivity contribution in [3.8, 4) is 0 Å². The standard InChI is InChI=1S/C21H17FN4O2S/c22-18-11-6-10-17-20(18)24-14-25-21(17)23-13-15-7-4-5-12-19(15)26-29(27,28)16-8-2-1-3-9-16/h1-12,14,26H,13H2,(H,23,24,25). The molecule has 0 radical (unpaired) electrons. The van der Waals surface area contributed by atoms with Gasteiger partial charge >= 0.3 is 0 Å². The van der Waals surface area contributed by atoms with Crippen LogP contribution in [0.1, 0.15) is 5.56 Å². The Hall–Kier alpha value is -3.52. The number of fused-ring (bicyclic) bond motifs is 1. The van der Waals surface area contributed by atoms with Gasteiger partial charge in [0, 0.05) is 11.9 Å². The smallest absolute Gasteiger partial charge is 0.261 e. The molecule has 0 atom stereocenters. The SMILES string of the molecule is O=S(=O)(Nc1ccccc1CNc1ncnc2c(F)cccc12)c1ccccc1. The van der Waals surface area contributed by atoms with Crippen LogP contribution in [0.5, 0.6) is 0 Å². The third-order valence-electron chi connectivity index (χ3n) is 4.38. The van der Waals surface area contributed by atoms with Gasteiger partial charge in [-0.1, -0.05) is 42.5 Å². The van der Waals surface area contributed by atoms with Crippen LogP contribution in [-0.2, 0) is 16.6 Å². The zero-order chi connectivity index (χ0) is 20.3. The molecule has 0 spiro atoms. The number of nitrogens with one attached hydrogen (secondary N) is 2. The second-order valence-electron chi connectivity index (χ2n) is 6.29. The quantitative estimate of drug-likeness (QED) is 0.500. The number of anilines is 2. The number of halogens is 1. The molecule has 0 unspecified atom stereocenters. The fourth-order valence-electron chi connectivity index (χ4n) is 2.95. The second-order valence-corrected chi connectivity index (χ2v) is 7.97. The molecule has 0 amide bonds. The highest BCUT2D eigenvalue weighted by Gasteiger charge is 2.15. The zero-order valence-electron chi connectivity index (χ0n) is 15.2. The molecule has 0 saturated heterocycles. The van der Waals surface area contributed by atoms with Crippen molar-refractivity contribution in [1.82, 2.24) is 9.97 Å². The molecule has 4 rings (SSSR count). The summed E-state index contributed by atoms with van der Waals surface area (Å²) < 4.78 is 41.9. The lowest BCUT2D eigenvalue weighted by atomic mass is 10.1. The molecule has 1 heterocycles. The summed E-state index contributed by atoms with van der Waals surface area (Å²) in [5, 5.41) is 3.70. The minimum atomic E-state index is -3.71. The van der Waals surface area contributed by atoms with Gasteiger partial charge in [0.05, 0.1) is 10.6 Å². The van der Waals surface area contributed by atoms with E-state index >= 15 is 0 Å². The summed E-state index contributed by atoms with van der Waals surface area (Å²) in [6, 6.07) is 19.9. The van der Waals surface area contributed by atoms with Crippen molar-refractivity contribution in [3.63, 3.8) is 0 Å². The van der Waals surface area contributed by atoms with Crippen molar-refractivity contribution >= 4 is 32.4 Å². The minimum Gasteiger partial charge on any atom is -0.365 e. The van der Waals surface area contributed by atoms with Gasteiger partial charge in [-0.05, 0) is 35.9 Å². The summed E-state index contributed by atoms with van der Waals surface area (Å²) in [6.07, 6.45) is 1.29. The van der Waals surface area contributed by atoms with E-state index in [0.717, 1.165) is 5.56 Å². The van der Waals surface area contributed by atoms with Crippen molar-refractivity contribution in [1.29, 1.82) is 0 Å². The molecule has 0 fully saturated rings. The Morgan fingerprint density at radius 3 is 2.45 bits per heavy atom. The van der Waals surface area contributed by atoms with Crippen molar-refractivity contribution in [2.45, 2.75) is 11.4 Å². The molecule has 0 bridgehead atoms. The van der Waals surface area contributed by atoms with Crippen LogP contribution < -0.4 is 10.0 Å². The largest absolute Gasteiger partial charge is 0.365 e. The Morgan fingerprint density at radius 2 is 1.62 bits per heavy atom. The Balaban J connectivity index is 1.60. The average Bonchev–Trinajstić information content (AvgIpc) is 2.74. The molecule has 0 aliphatic rings. The number of sulfonamides is 1. The van der Waals surface area contributed by atoms with Gasteiger partial charge in [0.2, 0.25) is 0 Å². The van der Waals surface area contributed by atoms with Crippen molar-refractivity contribution in [2.75, 3.05) is 10.0 Å². The molecule has 146 valence electrons. The van der Waals surface area contributed by atoms with Gasteiger partial charge in [-0.2, -0.15) is 0 Å². The first-order valence-electron chi connectivity index (χ1n) is 8.83. The maximum atomic E-state index is 13.9. The van der Waals surface area contributed by atoms with Gasteiger partial charge in [0.1, 0.15) is 23.5 Å². The molecule has 4 aromatic rings. The van der Waals surface area contributed by atoms with E-state index in [1.54, 1.807) is 48.5 Å². The predicted octanol–water partition coefficient (Wildman–Crippen LogP) is 4.18. The number of aromatic nitrogens is 2. The summed E-state index contributed by atoms with van der Waals surface area (Å²) in [5.41, 5.74) is 1.40. The molecule has 3 aromatic carbocycles. The molecular formula is C21H17FN4O2S. The van der Waals surface area contributed by atoms with E-state index < -0.39 is 15.8 Å². The van der Waals surface area contributed by atoms with Crippen LogP contribution in [0.4, 0.5) is 15.9 Å². The van der Waals surface area contributed by atoms with Crippen molar-refractivity contribution in [2.24, 2.45) is 0 Å². The summed E-state index contributed by atoms with van der Waals surface area (Å²) in [7, 11) is -3.71. The number of nitrogens with zero attached hydrogens (tertiary/aromatic N) is 2. The van der Waals surface area contributed by atoms with Crippen LogP contribution in [0.25, 0.3) is 10.9 Å². The highest BCUT2D eigenvalue weighted by Crippen LogP contribution is 2.24. The summed E-state index contributed by atoms with van der Waals surface area (Å²) in [6.45, 7) is 0.288. The monoisotopic (exact) mass is 408 g/mol. The predicted molar refractivity (Wildman–Crippen MR) is 111 cm³/mol. The van der Waals surface area contributed by atoms with Gasteiger partial charge in [0.15, 0.2) is 0 Å². The van der Waals surface area contributed by atoms with E-state index in [4.69, 9.17) is 0 Å². The first kappa shape index (κ1) is 18.8. The lowest BCUT2D eigenvalue weighted by molar-refractivity contribution is 0.601. The molecule has 0 saturated carbocycles. The van der Waals surface area contributed by atoms with Crippen LogP contribution in [0.15, 0.2) is 84.0 Å². The highest BCUT2D eigenvalue weighted by atomic mass is 32.2. The first-order valence-corrected chi connectivity index (χ1v) is 10.3. The number of para-hydroxylation sites is 2. The van der Waals surface area contributed by atoms with Crippen LogP contribution in [-0.4, -0.2) is 18.4 Å². The lowest BCUT2D eigenvalue weighted by Gasteiger charge is -2.14. The lowest BCUT2D eigenvalue weighted by Crippen LogP contribution is -2.15. The van der Waals surface area contributed by atoms with Gasteiger partial charge in [0.25, 0.3) is 10.0 Å². The minimum absolute atomic E-state index is 0.181. The third-order valence-corrected chi connectivity index (χ3v) is 5.76. The van der Waals surface area contributed by atoms with Crippen LogP contribution in [0, 0.1) is 5.82 Å². The number of hydrogen-bond acceptors (Lipinski definition) is 5. The Morgan fingerprint density at radius 1 is 0.862 bits per heavy atom. The van der Waals surface area contributed by atoms with Crippen LogP contribution in [0.2, 0.25) is 0 Å². The van der Waals surface area contributed by atoms with Crippen molar-refractivity contribution < 1.29 is 12.8 Å². The van der Waals surface area contributed by atoms with E-state index in [-0.39, 0.29) is 17.0 Å². The van der Waals surface area contributed by atoms with Crippen LogP contribution >= 0.6 is 0 Å². The highest BCUT2D eigenvalue weighted by molar-refractivity contribution is 7.92. The van der Waals surface area contributed by atoms with Gasteiger partial charge < -0.3 is 5.32 Å². The first-order chi connectivity index (χ1) is 14.0. The zero-order valence-corrected chi connectivity index (χ0v) is 16.0. The van der Waals surface area contributed by atoms with E-state index in [0.29, 0.717) is 16.9 Å². The molecule has 6 nitrogen and oxygen atoms in total. The molecular weight excluding hydrogens is 391 g/mol. The summed E-state index contributed by atoms with van der Waals surface area (Å²) in [4.78, 5) is 8.35. The molecule has 0 aliphatic heterocycles. The Bertz CT molecular complexity index is 1260. The van der Waals surface area contributed by atoms with Gasteiger partial charge in [-0.3, -0.25) is 4.72 Å². The molecule has 1 aromatic heterocycles.